The van der Waals surface area contributed by atoms with Crippen LogP contribution in [0.5, 0.6) is 0 Å². The van der Waals surface area contributed by atoms with E-state index in [1.165, 1.54) is 11.3 Å². The molecule has 3 aromatic heterocycles. The number of carbonyl (C=O) groups is 1. The number of nitrogens with zero attached hydrogens (tertiary/aromatic N) is 2. The third-order valence-electron chi connectivity index (χ3n) is 4.00. The second-order valence-electron chi connectivity index (χ2n) is 5.70. The molecular formula is C20H14N4OS2. The van der Waals surface area contributed by atoms with Crippen LogP contribution in [0.4, 0.5) is 11.5 Å². The molecule has 132 valence electrons. The molecule has 1 aromatic carbocycles. The highest BCUT2D eigenvalue weighted by atomic mass is 32.1. The van der Waals surface area contributed by atoms with Crippen LogP contribution >= 0.6 is 22.7 Å². The van der Waals surface area contributed by atoms with Gasteiger partial charge in [-0.25, -0.2) is 4.98 Å². The minimum atomic E-state index is -0.270. The highest BCUT2D eigenvalue weighted by Gasteiger charge is 2.18. The first-order valence-electron chi connectivity index (χ1n) is 8.20. The average molecular weight is 390 g/mol. The van der Waals surface area contributed by atoms with Gasteiger partial charge in [0.2, 0.25) is 0 Å². The minimum Gasteiger partial charge on any atom is -0.378 e. The zero-order chi connectivity index (χ0) is 18.6. The molecule has 0 fully saturated rings. The van der Waals surface area contributed by atoms with Crippen molar-refractivity contribution < 1.29 is 4.79 Å². The first-order chi connectivity index (χ1) is 13.3. The molecule has 27 heavy (non-hydrogen) atoms. The summed E-state index contributed by atoms with van der Waals surface area (Å²) < 4.78 is 0. The van der Waals surface area contributed by atoms with Crippen molar-refractivity contribution in [3.05, 3.63) is 74.6 Å². The molecule has 3 heterocycles. The number of pyridine rings is 1. The Morgan fingerprint density at radius 1 is 1.07 bits per heavy atom. The van der Waals surface area contributed by atoms with Gasteiger partial charge in [-0.15, -0.1) is 22.7 Å². The van der Waals surface area contributed by atoms with Gasteiger partial charge in [-0.3, -0.25) is 4.79 Å². The van der Waals surface area contributed by atoms with Crippen molar-refractivity contribution in [2.24, 2.45) is 0 Å². The fraction of sp³-hybridized carbons (Fsp3) is 0.0500. The number of aromatic nitrogens is 1. The molecule has 0 aliphatic rings. The molecule has 0 aliphatic carbocycles. The van der Waals surface area contributed by atoms with E-state index in [2.05, 4.69) is 21.7 Å². The van der Waals surface area contributed by atoms with Crippen LogP contribution < -0.4 is 10.6 Å². The van der Waals surface area contributed by atoms with Gasteiger partial charge in [-0.05, 0) is 29.0 Å². The second-order valence-corrected chi connectivity index (χ2v) is 7.68. The van der Waals surface area contributed by atoms with Gasteiger partial charge in [0.1, 0.15) is 11.6 Å². The summed E-state index contributed by atoms with van der Waals surface area (Å²) in [5.41, 5.74) is 1.72. The quantitative estimate of drug-likeness (QED) is 0.497. The maximum absolute atomic E-state index is 12.5. The van der Waals surface area contributed by atoms with Crippen molar-refractivity contribution in [3.63, 3.8) is 0 Å². The van der Waals surface area contributed by atoms with Crippen molar-refractivity contribution in [2.75, 3.05) is 10.6 Å². The summed E-state index contributed by atoms with van der Waals surface area (Å²) in [7, 11) is 0. The van der Waals surface area contributed by atoms with Crippen LogP contribution in [0, 0.1) is 11.3 Å². The van der Waals surface area contributed by atoms with Gasteiger partial charge in [0.25, 0.3) is 5.91 Å². The van der Waals surface area contributed by atoms with E-state index in [0.29, 0.717) is 28.2 Å². The van der Waals surface area contributed by atoms with Gasteiger partial charge in [0.15, 0.2) is 5.82 Å². The van der Waals surface area contributed by atoms with Crippen LogP contribution in [-0.4, -0.2) is 10.9 Å². The summed E-state index contributed by atoms with van der Waals surface area (Å²) in [5, 5.41) is 20.6. The minimum absolute atomic E-state index is 0.267. The van der Waals surface area contributed by atoms with Gasteiger partial charge < -0.3 is 10.6 Å². The summed E-state index contributed by atoms with van der Waals surface area (Å²) in [5.74, 6) is -0.00299. The van der Waals surface area contributed by atoms with Crippen molar-refractivity contribution in [1.29, 1.82) is 5.26 Å². The molecule has 1 amide bonds. The molecular weight excluding hydrogens is 376 g/mol. The van der Waals surface area contributed by atoms with Gasteiger partial charge in [0, 0.05) is 16.8 Å². The number of benzene rings is 1. The summed E-state index contributed by atoms with van der Waals surface area (Å²) in [6, 6.07) is 17.4. The number of anilines is 2. The Hall–Kier alpha value is -3.21. The smallest absolute Gasteiger partial charge is 0.266 e. The standard InChI is InChI=1S/C20H14N4OS2/c21-11-15-18(22-12-13-5-3-9-26-13)14-6-1-2-7-16(14)23-19(15)24-20(25)17-8-4-10-27-17/h1-10H,12H2,(H2,22,23,24,25). The molecule has 5 nitrogen and oxygen atoms in total. The van der Waals surface area contributed by atoms with Crippen LogP contribution in [0.15, 0.2) is 59.3 Å². The van der Waals surface area contributed by atoms with Gasteiger partial charge in [-0.1, -0.05) is 30.3 Å². The SMILES string of the molecule is N#Cc1c(NC(=O)c2cccs2)nc2ccccc2c1NCc1cccs1. The Morgan fingerprint density at radius 3 is 2.63 bits per heavy atom. The molecule has 7 heteroatoms. The summed E-state index contributed by atoms with van der Waals surface area (Å²) in [4.78, 5) is 18.7. The Kier molecular flexibility index (Phi) is 4.83. The number of hydrogen-bond acceptors (Lipinski definition) is 6. The predicted molar refractivity (Wildman–Crippen MR) is 110 cm³/mol. The molecule has 0 bridgehead atoms. The summed E-state index contributed by atoms with van der Waals surface area (Å²) >= 11 is 2.99. The average Bonchev–Trinajstić information content (AvgIpc) is 3.39. The lowest BCUT2D eigenvalue weighted by molar-refractivity contribution is 0.103. The van der Waals surface area contributed by atoms with Crippen molar-refractivity contribution in [2.45, 2.75) is 6.54 Å². The number of fused-ring (bicyclic) bond motifs is 1. The predicted octanol–water partition coefficient (Wildman–Crippen LogP) is 5.09. The maximum atomic E-state index is 12.5. The highest BCUT2D eigenvalue weighted by molar-refractivity contribution is 7.12. The number of hydrogen-bond donors (Lipinski definition) is 2. The van der Waals surface area contributed by atoms with E-state index in [0.717, 1.165) is 10.3 Å². The third-order valence-corrected chi connectivity index (χ3v) is 5.75. The summed E-state index contributed by atoms with van der Waals surface area (Å²) in [6.45, 7) is 0.596. The fourth-order valence-electron chi connectivity index (χ4n) is 2.76. The molecule has 0 saturated carbocycles. The second kappa shape index (κ2) is 7.58. The lowest BCUT2D eigenvalue weighted by atomic mass is 10.1. The number of nitrogens with one attached hydrogen (secondary N) is 2. The molecule has 2 N–H and O–H groups in total. The number of thiophene rings is 2. The Balaban J connectivity index is 1.77. The number of para-hydroxylation sites is 1. The van der Waals surface area contributed by atoms with Crippen molar-refractivity contribution in [3.8, 4) is 6.07 Å². The highest BCUT2D eigenvalue weighted by Crippen LogP contribution is 2.32. The van der Waals surface area contributed by atoms with E-state index < -0.39 is 0 Å². The third kappa shape index (κ3) is 3.53. The van der Waals surface area contributed by atoms with Gasteiger partial charge in [0.05, 0.1) is 16.1 Å². The Morgan fingerprint density at radius 2 is 1.89 bits per heavy atom. The lowest BCUT2D eigenvalue weighted by Crippen LogP contribution is -2.14. The first-order valence-corrected chi connectivity index (χ1v) is 9.96. The van der Waals surface area contributed by atoms with E-state index in [-0.39, 0.29) is 11.7 Å². The zero-order valence-corrected chi connectivity index (χ0v) is 15.7. The molecule has 0 spiro atoms. The molecule has 0 saturated heterocycles. The van der Waals surface area contributed by atoms with E-state index in [1.54, 1.807) is 17.4 Å². The van der Waals surface area contributed by atoms with Crippen molar-refractivity contribution >= 4 is 51.0 Å². The normalized spacial score (nSPS) is 10.5. The van der Waals surface area contributed by atoms with Crippen LogP contribution in [-0.2, 0) is 6.54 Å². The van der Waals surface area contributed by atoms with E-state index in [1.807, 2.05) is 53.2 Å². The van der Waals surface area contributed by atoms with Crippen LogP contribution in [0.2, 0.25) is 0 Å². The molecule has 0 radical (unpaired) electrons. The zero-order valence-electron chi connectivity index (χ0n) is 14.1. The monoisotopic (exact) mass is 390 g/mol. The molecule has 0 unspecified atom stereocenters. The first kappa shape index (κ1) is 17.2. The molecule has 4 rings (SSSR count). The number of amides is 1. The largest absolute Gasteiger partial charge is 0.378 e. The Labute approximate surface area is 163 Å². The van der Waals surface area contributed by atoms with E-state index >= 15 is 0 Å². The molecule has 0 atom stereocenters. The number of rotatable bonds is 5. The summed E-state index contributed by atoms with van der Waals surface area (Å²) in [6.07, 6.45) is 0. The number of nitriles is 1. The fourth-order valence-corrected chi connectivity index (χ4v) is 4.02. The molecule has 0 aliphatic heterocycles. The maximum Gasteiger partial charge on any atom is 0.266 e. The van der Waals surface area contributed by atoms with Crippen molar-refractivity contribution in [1.82, 2.24) is 4.98 Å². The lowest BCUT2D eigenvalue weighted by Gasteiger charge is -2.14. The van der Waals surface area contributed by atoms with Crippen LogP contribution in [0.1, 0.15) is 20.1 Å². The Bertz CT molecular complexity index is 1130. The molecule has 4 aromatic rings. The van der Waals surface area contributed by atoms with E-state index in [9.17, 15) is 10.1 Å². The number of carbonyl (C=O) groups excluding carboxylic acids is 1. The van der Waals surface area contributed by atoms with Gasteiger partial charge >= 0.3 is 0 Å². The topological polar surface area (TPSA) is 77.8 Å². The van der Waals surface area contributed by atoms with Crippen LogP contribution in [0.25, 0.3) is 10.9 Å². The van der Waals surface area contributed by atoms with E-state index in [4.69, 9.17) is 0 Å². The van der Waals surface area contributed by atoms with Gasteiger partial charge in [-0.2, -0.15) is 5.26 Å². The van der Waals surface area contributed by atoms with Crippen LogP contribution in [0.3, 0.4) is 0 Å².